The molecular formula is C16H22N4O3. The maximum atomic E-state index is 11.4. The van der Waals surface area contributed by atoms with E-state index in [9.17, 15) is 9.90 Å². The van der Waals surface area contributed by atoms with Crippen LogP contribution in [-0.4, -0.2) is 33.2 Å². The molecule has 0 aliphatic heterocycles. The maximum absolute atomic E-state index is 11.4. The Morgan fingerprint density at radius 3 is 2.74 bits per heavy atom. The molecule has 0 bridgehead atoms. The number of benzene rings is 1. The second-order valence-corrected chi connectivity index (χ2v) is 5.33. The van der Waals surface area contributed by atoms with E-state index in [0.717, 1.165) is 25.7 Å². The van der Waals surface area contributed by atoms with Crippen LogP contribution in [0, 0.1) is 0 Å². The molecule has 0 aliphatic rings. The Bertz CT molecular complexity index is 682. The van der Waals surface area contributed by atoms with Gasteiger partial charge in [0.15, 0.2) is 5.69 Å². The van der Waals surface area contributed by atoms with E-state index in [-0.39, 0.29) is 5.69 Å². The fourth-order valence-electron chi connectivity index (χ4n) is 2.47. The zero-order valence-electron chi connectivity index (χ0n) is 13.5. The van der Waals surface area contributed by atoms with Crippen molar-refractivity contribution in [2.24, 2.45) is 0 Å². The number of carbonyl (C=O) groups is 1. The van der Waals surface area contributed by atoms with Gasteiger partial charge in [-0.25, -0.2) is 9.48 Å². The van der Waals surface area contributed by atoms with Gasteiger partial charge >= 0.3 is 5.97 Å². The minimum absolute atomic E-state index is 0.0648. The second kappa shape index (κ2) is 7.62. The number of hydrogen-bond donors (Lipinski definition) is 2. The van der Waals surface area contributed by atoms with Crippen LogP contribution < -0.4 is 10.5 Å². The van der Waals surface area contributed by atoms with Crippen LogP contribution in [0.1, 0.15) is 43.1 Å². The standard InChI is InChI=1S/C16H22N4O3/c1-3-4-5-6-9-20-15(14(16(21)22)18-19-20)11-7-8-13(23-2)12(17)10-11/h7-8,10H,3-6,9,17H2,1-2H3,(H,21,22). The smallest absolute Gasteiger partial charge is 0.358 e. The quantitative estimate of drug-likeness (QED) is 0.573. The van der Waals surface area contributed by atoms with Crippen LogP contribution in [0.3, 0.4) is 0 Å². The average Bonchev–Trinajstić information content (AvgIpc) is 2.95. The highest BCUT2D eigenvalue weighted by molar-refractivity contribution is 5.93. The van der Waals surface area contributed by atoms with Gasteiger partial charge < -0.3 is 15.6 Å². The van der Waals surface area contributed by atoms with Crippen LogP contribution in [0.2, 0.25) is 0 Å². The summed E-state index contributed by atoms with van der Waals surface area (Å²) in [6.07, 6.45) is 4.28. The van der Waals surface area contributed by atoms with Crippen molar-refractivity contribution in [1.82, 2.24) is 15.0 Å². The third-order valence-electron chi connectivity index (χ3n) is 3.66. The number of nitrogens with zero attached hydrogens (tertiary/aromatic N) is 3. The Labute approximate surface area is 135 Å². The monoisotopic (exact) mass is 318 g/mol. The number of ether oxygens (including phenoxy) is 1. The normalized spacial score (nSPS) is 10.7. The molecule has 2 aromatic rings. The molecule has 0 amide bonds. The van der Waals surface area contributed by atoms with Crippen molar-refractivity contribution in [2.45, 2.75) is 39.2 Å². The number of unbranched alkanes of at least 4 members (excludes halogenated alkanes) is 3. The van der Waals surface area contributed by atoms with Gasteiger partial charge in [-0.2, -0.15) is 0 Å². The molecule has 1 aromatic heterocycles. The SMILES string of the molecule is CCCCCCn1nnc(C(=O)O)c1-c1ccc(OC)c(N)c1. The van der Waals surface area contributed by atoms with Crippen molar-refractivity contribution in [3.63, 3.8) is 0 Å². The lowest BCUT2D eigenvalue weighted by Gasteiger charge is -2.10. The van der Waals surface area contributed by atoms with Crippen molar-refractivity contribution in [2.75, 3.05) is 12.8 Å². The number of anilines is 1. The Kier molecular flexibility index (Phi) is 5.56. The molecule has 0 radical (unpaired) electrons. The van der Waals surface area contributed by atoms with E-state index < -0.39 is 5.97 Å². The van der Waals surface area contributed by atoms with Gasteiger partial charge in [-0.15, -0.1) is 5.10 Å². The fraction of sp³-hybridized carbons (Fsp3) is 0.438. The Morgan fingerprint density at radius 2 is 2.13 bits per heavy atom. The van der Waals surface area contributed by atoms with Crippen molar-refractivity contribution in [1.29, 1.82) is 0 Å². The third kappa shape index (κ3) is 3.80. The highest BCUT2D eigenvalue weighted by Gasteiger charge is 2.21. The van der Waals surface area contributed by atoms with Crippen molar-refractivity contribution >= 4 is 11.7 Å². The van der Waals surface area contributed by atoms with Gasteiger partial charge in [0.25, 0.3) is 0 Å². The molecule has 2 rings (SSSR count). The predicted octanol–water partition coefficient (Wildman–Crippen LogP) is 2.81. The Morgan fingerprint density at radius 1 is 1.35 bits per heavy atom. The molecule has 0 aliphatic carbocycles. The number of nitrogens with two attached hydrogens (primary N) is 1. The minimum Gasteiger partial charge on any atom is -0.495 e. The lowest BCUT2D eigenvalue weighted by molar-refractivity contribution is 0.0691. The zero-order valence-corrected chi connectivity index (χ0v) is 13.5. The molecule has 0 saturated heterocycles. The molecule has 0 unspecified atom stereocenters. The molecular weight excluding hydrogens is 296 g/mol. The first-order chi connectivity index (χ1) is 11.1. The van der Waals surface area contributed by atoms with Gasteiger partial charge in [-0.3, -0.25) is 0 Å². The van der Waals surface area contributed by atoms with Crippen LogP contribution in [0.15, 0.2) is 18.2 Å². The number of aryl methyl sites for hydroxylation is 1. The molecule has 3 N–H and O–H groups in total. The molecule has 1 aromatic carbocycles. The van der Waals surface area contributed by atoms with Crippen LogP contribution in [0.25, 0.3) is 11.3 Å². The summed E-state index contributed by atoms with van der Waals surface area (Å²) in [6, 6.07) is 5.17. The van der Waals surface area contributed by atoms with Gasteiger partial charge in [0.05, 0.1) is 12.8 Å². The summed E-state index contributed by atoms with van der Waals surface area (Å²) in [5, 5.41) is 17.2. The van der Waals surface area contributed by atoms with E-state index in [4.69, 9.17) is 10.5 Å². The number of carboxylic acid groups (broad SMARTS) is 1. The number of aromatic nitrogens is 3. The summed E-state index contributed by atoms with van der Waals surface area (Å²) >= 11 is 0. The molecule has 124 valence electrons. The maximum Gasteiger partial charge on any atom is 0.358 e. The van der Waals surface area contributed by atoms with Gasteiger partial charge in [0.1, 0.15) is 11.4 Å². The molecule has 7 nitrogen and oxygen atoms in total. The van der Waals surface area contributed by atoms with Crippen molar-refractivity contribution in [3.8, 4) is 17.0 Å². The van der Waals surface area contributed by atoms with Crippen LogP contribution in [0.5, 0.6) is 5.75 Å². The lowest BCUT2D eigenvalue weighted by atomic mass is 10.1. The number of aromatic carboxylic acids is 1. The summed E-state index contributed by atoms with van der Waals surface area (Å²) in [5.41, 5.74) is 7.45. The molecule has 1 heterocycles. The third-order valence-corrected chi connectivity index (χ3v) is 3.66. The molecule has 0 saturated carbocycles. The van der Waals surface area contributed by atoms with E-state index >= 15 is 0 Å². The molecule has 23 heavy (non-hydrogen) atoms. The lowest BCUT2D eigenvalue weighted by Crippen LogP contribution is -2.06. The van der Waals surface area contributed by atoms with Gasteiger partial charge in [-0.05, 0) is 24.6 Å². The topological polar surface area (TPSA) is 103 Å². The van der Waals surface area contributed by atoms with Crippen LogP contribution in [0.4, 0.5) is 5.69 Å². The highest BCUT2D eigenvalue weighted by atomic mass is 16.5. The molecule has 0 fully saturated rings. The van der Waals surface area contributed by atoms with Crippen molar-refractivity contribution < 1.29 is 14.6 Å². The Balaban J connectivity index is 2.36. The van der Waals surface area contributed by atoms with Crippen LogP contribution >= 0.6 is 0 Å². The summed E-state index contributed by atoms with van der Waals surface area (Å²) in [5.74, 6) is -0.554. The second-order valence-electron chi connectivity index (χ2n) is 5.33. The van der Waals surface area contributed by atoms with E-state index in [1.165, 1.54) is 7.11 Å². The average molecular weight is 318 g/mol. The minimum atomic E-state index is -1.10. The first-order valence-electron chi connectivity index (χ1n) is 7.69. The molecule has 7 heteroatoms. The zero-order chi connectivity index (χ0) is 16.8. The van der Waals surface area contributed by atoms with E-state index in [1.54, 1.807) is 22.9 Å². The number of nitrogen functional groups attached to an aromatic ring is 1. The highest BCUT2D eigenvalue weighted by Crippen LogP contribution is 2.30. The van der Waals surface area contributed by atoms with E-state index in [2.05, 4.69) is 17.2 Å². The first-order valence-corrected chi connectivity index (χ1v) is 7.69. The number of rotatable bonds is 8. The number of methoxy groups -OCH3 is 1. The summed E-state index contributed by atoms with van der Waals surface area (Å²) < 4.78 is 6.78. The summed E-state index contributed by atoms with van der Waals surface area (Å²) in [7, 11) is 1.54. The number of carboxylic acids is 1. The van der Waals surface area contributed by atoms with E-state index in [0.29, 0.717) is 29.2 Å². The van der Waals surface area contributed by atoms with Gasteiger partial charge in [-0.1, -0.05) is 31.4 Å². The molecule has 0 atom stereocenters. The van der Waals surface area contributed by atoms with Crippen molar-refractivity contribution in [3.05, 3.63) is 23.9 Å². The van der Waals surface area contributed by atoms with Gasteiger partial charge in [0.2, 0.25) is 0 Å². The Hall–Kier alpha value is -2.57. The number of hydrogen-bond acceptors (Lipinski definition) is 5. The van der Waals surface area contributed by atoms with Gasteiger partial charge in [0, 0.05) is 12.1 Å². The largest absolute Gasteiger partial charge is 0.495 e. The predicted molar refractivity (Wildman–Crippen MR) is 87.5 cm³/mol. The summed E-state index contributed by atoms with van der Waals surface area (Å²) in [4.78, 5) is 11.4. The van der Waals surface area contributed by atoms with Crippen LogP contribution in [-0.2, 0) is 6.54 Å². The molecule has 0 spiro atoms. The fourth-order valence-corrected chi connectivity index (χ4v) is 2.47. The van der Waals surface area contributed by atoms with E-state index in [1.807, 2.05) is 0 Å². The summed E-state index contributed by atoms with van der Waals surface area (Å²) in [6.45, 7) is 2.77. The first kappa shape index (κ1) is 16.8.